The molecule has 0 amide bonds. The van der Waals surface area contributed by atoms with Gasteiger partial charge >= 0.3 is 0 Å². The molecule has 0 radical (unpaired) electrons. The highest BCUT2D eigenvalue weighted by molar-refractivity contribution is 7.89. The Hall–Kier alpha value is -2.58. The van der Waals surface area contributed by atoms with Gasteiger partial charge in [-0.25, -0.2) is 17.5 Å². The van der Waals surface area contributed by atoms with Crippen molar-refractivity contribution in [3.63, 3.8) is 0 Å². The zero-order valence-corrected chi connectivity index (χ0v) is 16.0. The van der Waals surface area contributed by atoms with Gasteiger partial charge in [0.05, 0.1) is 10.5 Å². The van der Waals surface area contributed by atoms with Crippen molar-refractivity contribution in [2.75, 3.05) is 0 Å². The molecule has 0 unspecified atom stereocenters. The summed E-state index contributed by atoms with van der Waals surface area (Å²) >= 11 is 0. The van der Waals surface area contributed by atoms with Gasteiger partial charge in [0.1, 0.15) is 5.82 Å². The molecule has 0 spiro atoms. The predicted molar refractivity (Wildman–Crippen MR) is 102 cm³/mol. The summed E-state index contributed by atoms with van der Waals surface area (Å²) in [6.07, 6.45) is 4.88. The van der Waals surface area contributed by atoms with Crippen LogP contribution in [0.3, 0.4) is 0 Å². The van der Waals surface area contributed by atoms with E-state index in [-0.39, 0.29) is 28.5 Å². The summed E-state index contributed by atoms with van der Waals surface area (Å²) in [5.74, 6) is 0.00378. The van der Waals surface area contributed by atoms with Crippen LogP contribution in [0.2, 0.25) is 0 Å². The number of nitrogens with zero attached hydrogens (tertiary/aromatic N) is 2. The van der Waals surface area contributed by atoms with Crippen LogP contribution in [-0.2, 0) is 10.0 Å². The van der Waals surface area contributed by atoms with Gasteiger partial charge in [-0.15, -0.1) is 0 Å². The lowest BCUT2D eigenvalue weighted by Gasteiger charge is -2.23. The van der Waals surface area contributed by atoms with Crippen LogP contribution in [0, 0.1) is 5.82 Å². The SMILES string of the molecule is O=S(=O)(NC1CCCCC1)c1ccccc1-c1nc(-c2ccc(F)cc2)no1. The van der Waals surface area contributed by atoms with Crippen molar-refractivity contribution in [3.05, 3.63) is 54.3 Å². The van der Waals surface area contributed by atoms with Crippen molar-refractivity contribution >= 4 is 10.0 Å². The summed E-state index contributed by atoms with van der Waals surface area (Å²) < 4.78 is 47.2. The molecule has 1 heterocycles. The van der Waals surface area contributed by atoms with E-state index in [1.807, 2.05) is 0 Å². The Morgan fingerprint density at radius 2 is 1.71 bits per heavy atom. The van der Waals surface area contributed by atoms with Crippen molar-refractivity contribution in [2.45, 2.75) is 43.0 Å². The summed E-state index contributed by atoms with van der Waals surface area (Å²) in [6.45, 7) is 0. The zero-order chi connectivity index (χ0) is 19.6. The predicted octanol–water partition coefficient (Wildman–Crippen LogP) is 4.15. The fourth-order valence-electron chi connectivity index (χ4n) is 3.43. The summed E-state index contributed by atoms with van der Waals surface area (Å²) in [5, 5.41) is 3.91. The maximum absolute atomic E-state index is 13.1. The van der Waals surface area contributed by atoms with Gasteiger partial charge in [0.15, 0.2) is 0 Å². The Morgan fingerprint density at radius 1 is 1.00 bits per heavy atom. The van der Waals surface area contributed by atoms with E-state index in [1.54, 1.807) is 18.2 Å². The average molecular weight is 401 g/mol. The second kappa shape index (κ2) is 7.81. The molecule has 8 heteroatoms. The van der Waals surface area contributed by atoms with Crippen LogP contribution in [-0.4, -0.2) is 24.6 Å². The minimum atomic E-state index is -3.73. The summed E-state index contributed by atoms with van der Waals surface area (Å²) in [4.78, 5) is 4.42. The second-order valence-corrected chi connectivity index (χ2v) is 8.56. The average Bonchev–Trinajstić information content (AvgIpc) is 3.19. The normalized spacial score (nSPS) is 15.6. The highest BCUT2D eigenvalue weighted by Gasteiger charge is 2.26. The Labute approximate surface area is 162 Å². The van der Waals surface area contributed by atoms with Crippen LogP contribution in [0.1, 0.15) is 32.1 Å². The first kappa shape index (κ1) is 18.8. The lowest BCUT2D eigenvalue weighted by atomic mass is 9.96. The maximum atomic E-state index is 13.1. The number of hydrogen-bond acceptors (Lipinski definition) is 5. The number of rotatable bonds is 5. The lowest BCUT2D eigenvalue weighted by Crippen LogP contribution is -2.36. The van der Waals surface area contributed by atoms with E-state index in [2.05, 4.69) is 14.9 Å². The molecular weight excluding hydrogens is 381 g/mol. The molecule has 1 aliphatic carbocycles. The number of hydrogen-bond donors (Lipinski definition) is 1. The van der Waals surface area contributed by atoms with E-state index in [1.165, 1.54) is 30.3 Å². The van der Waals surface area contributed by atoms with Crippen LogP contribution >= 0.6 is 0 Å². The van der Waals surface area contributed by atoms with Crippen LogP contribution in [0.5, 0.6) is 0 Å². The minimum absolute atomic E-state index is 0.0516. The van der Waals surface area contributed by atoms with Gasteiger partial charge in [0.2, 0.25) is 15.8 Å². The van der Waals surface area contributed by atoms with Gasteiger partial charge < -0.3 is 4.52 Å². The summed E-state index contributed by atoms with van der Waals surface area (Å²) in [5.41, 5.74) is 0.920. The Morgan fingerprint density at radius 3 is 2.46 bits per heavy atom. The third-order valence-electron chi connectivity index (χ3n) is 4.86. The smallest absolute Gasteiger partial charge is 0.259 e. The number of halogens is 1. The quantitative estimate of drug-likeness (QED) is 0.694. The van der Waals surface area contributed by atoms with Crippen molar-refractivity contribution in [1.29, 1.82) is 0 Å². The molecule has 0 aliphatic heterocycles. The molecule has 0 bridgehead atoms. The second-order valence-electron chi connectivity index (χ2n) is 6.88. The van der Waals surface area contributed by atoms with E-state index < -0.39 is 10.0 Å². The molecule has 0 saturated heterocycles. The molecule has 1 N–H and O–H groups in total. The highest BCUT2D eigenvalue weighted by atomic mass is 32.2. The topological polar surface area (TPSA) is 85.1 Å². The Kier molecular flexibility index (Phi) is 5.23. The molecule has 6 nitrogen and oxygen atoms in total. The molecule has 1 aromatic heterocycles. The summed E-state index contributed by atoms with van der Waals surface area (Å²) in [6, 6.07) is 12.2. The Balaban J connectivity index is 1.65. The van der Waals surface area contributed by atoms with Crippen molar-refractivity contribution in [3.8, 4) is 22.8 Å². The van der Waals surface area contributed by atoms with Gasteiger partial charge in [-0.2, -0.15) is 4.98 Å². The van der Waals surface area contributed by atoms with Gasteiger partial charge in [0.25, 0.3) is 5.89 Å². The van der Waals surface area contributed by atoms with Crippen molar-refractivity contribution in [2.24, 2.45) is 0 Å². The van der Waals surface area contributed by atoms with E-state index in [9.17, 15) is 12.8 Å². The largest absolute Gasteiger partial charge is 0.334 e. The third kappa shape index (κ3) is 3.98. The standard InChI is InChI=1S/C20H20FN3O3S/c21-15-12-10-14(11-13-15)19-22-20(27-23-19)17-8-4-5-9-18(17)28(25,26)24-16-6-2-1-3-7-16/h4-5,8-13,16,24H,1-3,6-7H2. The first-order valence-corrected chi connectivity index (χ1v) is 10.7. The fraction of sp³-hybridized carbons (Fsp3) is 0.300. The van der Waals surface area contributed by atoms with E-state index >= 15 is 0 Å². The molecule has 1 fully saturated rings. The highest BCUT2D eigenvalue weighted by Crippen LogP contribution is 2.29. The molecule has 28 heavy (non-hydrogen) atoms. The zero-order valence-electron chi connectivity index (χ0n) is 15.1. The molecular formula is C20H20FN3O3S. The first-order chi connectivity index (χ1) is 13.5. The number of sulfonamides is 1. The maximum Gasteiger partial charge on any atom is 0.259 e. The molecule has 4 rings (SSSR count). The van der Waals surface area contributed by atoms with E-state index in [0.717, 1.165) is 32.1 Å². The van der Waals surface area contributed by atoms with Crippen LogP contribution in [0.15, 0.2) is 57.9 Å². The van der Waals surface area contributed by atoms with Crippen LogP contribution in [0.25, 0.3) is 22.8 Å². The van der Waals surface area contributed by atoms with Gasteiger partial charge in [-0.05, 0) is 49.2 Å². The lowest BCUT2D eigenvalue weighted by molar-refractivity contribution is 0.411. The summed E-state index contributed by atoms with van der Waals surface area (Å²) in [7, 11) is -3.73. The van der Waals surface area contributed by atoms with Crippen molar-refractivity contribution in [1.82, 2.24) is 14.9 Å². The number of benzene rings is 2. The van der Waals surface area contributed by atoms with E-state index in [0.29, 0.717) is 11.1 Å². The number of aromatic nitrogens is 2. The minimum Gasteiger partial charge on any atom is -0.334 e. The van der Waals surface area contributed by atoms with Gasteiger partial charge in [0, 0.05) is 11.6 Å². The number of nitrogens with one attached hydrogen (secondary N) is 1. The van der Waals surface area contributed by atoms with Gasteiger partial charge in [-0.1, -0.05) is 36.6 Å². The van der Waals surface area contributed by atoms with E-state index in [4.69, 9.17) is 4.52 Å². The first-order valence-electron chi connectivity index (χ1n) is 9.24. The molecule has 2 aromatic carbocycles. The molecule has 0 atom stereocenters. The molecule has 146 valence electrons. The molecule has 1 saturated carbocycles. The fourth-order valence-corrected chi connectivity index (χ4v) is 4.93. The Bertz CT molecular complexity index is 1060. The van der Waals surface area contributed by atoms with Crippen LogP contribution in [0.4, 0.5) is 4.39 Å². The molecule has 3 aromatic rings. The monoisotopic (exact) mass is 401 g/mol. The third-order valence-corrected chi connectivity index (χ3v) is 6.44. The van der Waals surface area contributed by atoms with Gasteiger partial charge in [-0.3, -0.25) is 0 Å². The molecule has 1 aliphatic rings. The van der Waals surface area contributed by atoms with Crippen molar-refractivity contribution < 1.29 is 17.3 Å². The van der Waals surface area contributed by atoms with Crippen LogP contribution < -0.4 is 4.72 Å².